The largest absolute Gasteiger partial charge is 0.432 e. The number of hydrogen-bond acceptors (Lipinski definition) is 2. The van der Waals surface area contributed by atoms with E-state index in [2.05, 4.69) is 0 Å². The van der Waals surface area contributed by atoms with E-state index in [1.165, 1.54) is 0 Å². The van der Waals surface area contributed by atoms with Gasteiger partial charge in [-0.25, -0.2) is 0 Å². The molecule has 2 N–H and O–H groups in total. The molecule has 2 nitrogen and oxygen atoms in total. The molecule has 0 saturated carbocycles. The molecule has 0 amide bonds. The number of hydrogen-bond donors (Lipinski definition) is 2. The molecule has 0 aliphatic heterocycles. The van der Waals surface area contributed by atoms with Gasteiger partial charge < -0.3 is 10.0 Å². The van der Waals surface area contributed by atoms with Gasteiger partial charge in [-0.2, -0.15) is 0 Å². The summed E-state index contributed by atoms with van der Waals surface area (Å²) in [6, 6.07) is 0. The van der Waals surface area contributed by atoms with Crippen molar-refractivity contribution in [2.24, 2.45) is 0 Å². The quantitative estimate of drug-likeness (QED) is 0.362. The Morgan fingerprint density at radius 2 is 1.25 bits per heavy atom. The van der Waals surface area contributed by atoms with Crippen molar-refractivity contribution >= 4 is 7.69 Å². The van der Waals surface area contributed by atoms with Gasteiger partial charge in [0.25, 0.3) is 0 Å². The van der Waals surface area contributed by atoms with Crippen molar-refractivity contribution in [3.8, 4) is 0 Å². The summed E-state index contributed by atoms with van der Waals surface area (Å²) < 4.78 is 0. The van der Waals surface area contributed by atoms with E-state index in [0.717, 1.165) is 0 Å². The summed E-state index contributed by atoms with van der Waals surface area (Å²) in [5.74, 6) is 0. The third-order valence-electron chi connectivity index (χ3n) is 0. The Balaban J connectivity index is 0. The van der Waals surface area contributed by atoms with Gasteiger partial charge >= 0.3 is 7.69 Å². The average Bonchev–Trinajstić information content (AvgIpc) is 0.918. The van der Waals surface area contributed by atoms with Gasteiger partial charge in [0.05, 0.1) is 0 Å². The van der Waals surface area contributed by atoms with Crippen molar-refractivity contribution in [2.75, 3.05) is 0 Å². The van der Waals surface area contributed by atoms with E-state index in [1.54, 1.807) is 0 Å². The van der Waals surface area contributed by atoms with Crippen LogP contribution in [0.4, 0.5) is 0 Å². The Kier molecular flexibility index (Phi) is 21.4. The smallest absolute Gasteiger partial charge is 0.430 e. The Hall–Kier alpha value is 0.504. The zero-order valence-corrected chi connectivity index (χ0v) is 2.84. The monoisotopic (exact) mass is 109 g/mol. The molecular weight excluding hydrogens is 106 g/mol. The summed E-state index contributed by atoms with van der Waals surface area (Å²) in [6.45, 7) is 0. The van der Waals surface area contributed by atoms with Crippen LogP contribution >= 0.6 is 0 Å². The van der Waals surface area contributed by atoms with E-state index in [9.17, 15) is 0 Å². The van der Waals surface area contributed by atoms with Gasteiger partial charge in [0.2, 0.25) is 0 Å². The van der Waals surface area contributed by atoms with E-state index < -0.39 is 7.69 Å². The first-order valence-electron chi connectivity index (χ1n) is 0.632. The van der Waals surface area contributed by atoms with Crippen molar-refractivity contribution < 1.29 is 27.1 Å². The molecule has 0 bridgehead atoms. The fourth-order valence-corrected chi connectivity index (χ4v) is 0. The Morgan fingerprint density at radius 1 is 1.25 bits per heavy atom. The van der Waals surface area contributed by atoms with Crippen molar-refractivity contribution in [1.82, 2.24) is 0 Å². The number of rotatable bonds is 0. The normalized spacial score (nSPS) is 3.50. The molecule has 0 heterocycles. The van der Waals surface area contributed by atoms with Gasteiger partial charge in [0.15, 0.2) is 0 Å². The van der Waals surface area contributed by atoms with E-state index in [0.29, 0.717) is 0 Å². The molecule has 0 unspecified atom stereocenters. The molecule has 0 aromatic heterocycles. The van der Waals surface area contributed by atoms with Gasteiger partial charge in [-0.05, 0) is 0 Å². The molecule has 0 aromatic carbocycles. The van der Waals surface area contributed by atoms with Crippen LogP contribution in [0.2, 0.25) is 0 Å². The third kappa shape index (κ3) is 22.3. The predicted molar refractivity (Wildman–Crippen MR) is 11.6 cm³/mol. The maximum Gasteiger partial charge on any atom is 0.432 e. The fourth-order valence-electron chi connectivity index (χ4n) is 0. The summed E-state index contributed by atoms with van der Waals surface area (Å²) >= 11 is 0. The van der Waals surface area contributed by atoms with Crippen LogP contribution in [0, 0.1) is 0 Å². The van der Waals surface area contributed by atoms with Gasteiger partial charge in [0.1, 0.15) is 0 Å². The van der Waals surface area contributed by atoms with Crippen LogP contribution in [0.1, 0.15) is 0 Å². The van der Waals surface area contributed by atoms with E-state index >= 15 is 0 Å². The Bertz CT molecular complexity index is 6.00. The Labute approximate surface area is 35.6 Å². The minimum Gasteiger partial charge on any atom is -0.430 e. The van der Waals surface area contributed by atoms with Gasteiger partial charge in [-0.15, -0.1) is 0 Å². The minimum absolute atomic E-state index is 0. The third-order valence-corrected chi connectivity index (χ3v) is 0. The first-order chi connectivity index (χ1) is 1.41. The van der Waals surface area contributed by atoms with Crippen molar-refractivity contribution in [3.63, 3.8) is 0 Å². The van der Waals surface area contributed by atoms with Crippen LogP contribution in [0.15, 0.2) is 0 Å². The molecule has 0 spiro atoms. The standard InChI is InChI=1S/BH3O2.Cu/c2-1-3;/h1-3H;. The van der Waals surface area contributed by atoms with Gasteiger partial charge in [-0.3, -0.25) is 0 Å². The summed E-state index contributed by atoms with van der Waals surface area (Å²) in [4.78, 5) is 0. The maximum atomic E-state index is 7.12. The molecule has 0 aromatic rings. The molecule has 0 atom stereocenters. The van der Waals surface area contributed by atoms with Crippen LogP contribution in [0.3, 0.4) is 0 Å². The predicted octanol–water partition coefficient (Wildman–Crippen LogP) is -1.77. The van der Waals surface area contributed by atoms with Gasteiger partial charge in [-0.1, -0.05) is 0 Å². The first kappa shape index (κ1) is 8.82. The van der Waals surface area contributed by atoms with Crippen LogP contribution in [0.5, 0.6) is 0 Å². The summed E-state index contributed by atoms with van der Waals surface area (Å²) in [5.41, 5.74) is 0. The molecule has 0 fully saturated rings. The molecule has 0 aliphatic carbocycles. The molecule has 0 saturated heterocycles. The molecule has 1 radical (unpaired) electrons. The topological polar surface area (TPSA) is 40.5 Å². The Morgan fingerprint density at radius 3 is 1.25 bits per heavy atom. The second-order valence-corrected chi connectivity index (χ2v) is 0.141. The average molecular weight is 109 g/mol. The van der Waals surface area contributed by atoms with Crippen LogP contribution < -0.4 is 0 Å². The molecule has 4 heteroatoms. The van der Waals surface area contributed by atoms with E-state index in [4.69, 9.17) is 10.0 Å². The van der Waals surface area contributed by atoms with Crippen molar-refractivity contribution in [2.45, 2.75) is 0 Å². The van der Waals surface area contributed by atoms with E-state index in [1.807, 2.05) is 0 Å². The molecule has 0 aliphatic rings. The van der Waals surface area contributed by atoms with Crippen LogP contribution in [-0.4, -0.2) is 17.7 Å². The van der Waals surface area contributed by atoms with Crippen molar-refractivity contribution in [1.29, 1.82) is 0 Å². The zero-order chi connectivity index (χ0) is 2.71. The van der Waals surface area contributed by atoms with Crippen molar-refractivity contribution in [3.05, 3.63) is 0 Å². The SMILES string of the molecule is OBO.[Cu]. The zero-order valence-electron chi connectivity index (χ0n) is 1.90. The molecule has 0 rings (SSSR count). The molecule has 4 heavy (non-hydrogen) atoms. The fraction of sp³-hybridized carbons (Fsp3) is 0. The minimum atomic E-state index is -0.750. The van der Waals surface area contributed by atoms with Crippen LogP contribution in [-0.2, 0) is 17.1 Å². The van der Waals surface area contributed by atoms with Gasteiger partial charge in [0, 0.05) is 17.1 Å². The second-order valence-electron chi connectivity index (χ2n) is 0.141. The second kappa shape index (κ2) is 9.71. The molecule has 29 valence electrons. The van der Waals surface area contributed by atoms with Crippen LogP contribution in [0.25, 0.3) is 0 Å². The first-order valence-corrected chi connectivity index (χ1v) is 0.632. The molecular formula is H3BCuO2. The summed E-state index contributed by atoms with van der Waals surface area (Å²) in [6.07, 6.45) is 0. The maximum absolute atomic E-state index is 7.12. The van der Waals surface area contributed by atoms with E-state index in [-0.39, 0.29) is 17.1 Å². The summed E-state index contributed by atoms with van der Waals surface area (Å²) in [5, 5.41) is 14.2. The summed E-state index contributed by atoms with van der Waals surface area (Å²) in [7, 11) is -0.750.